The molecule has 1 aliphatic rings. The third-order valence-electron chi connectivity index (χ3n) is 7.42. The zero-order valence-corrected chi connectivity index (χ0v) is 22.6. The van der Waals surface area contributed by atoms with Crippen molar-refractivity contribution in [2.24, 2.45) is 0 Å². The molecule has 2 N–H and O–H groups in total. The maximum Gasteiger partial charge on any atom is 0.294 e. The lowest BCUT2D eigenvalue weighted by Gasteiger charge is -2.32. The number of aromatic amines is 1. The van der Waals surface area contributed by atoms with Crippen molar-refractivity contribution in [2.75, 3.05) is 13.2 Å². The number of aryl methyl sites for hydroxylation is 1. The number of nitrogens with one attached hydrogen (secondary N) is 1. The van der Waals surface area contributed by atoms with E-state index in [0.717, 1.165) is 44.9 Å². The molecule has 1 amide bonds. The van der Waals surface area contributed by atoms with E-state index in [1.807, 2.05) is 20.8 Å². The van der Waals surface area contributed by atoms with Gasteiger partial charge in [-0.05, 0) is 57.6 Å². The van der Waals surface area contributed by atoms with Crippen molar-refractivity contribution in [3.8, 4) is 5.75 Å². The van der Waals surface area contributed by atoms with Crippen LogP contribution in [0.4, 0.5) is 0 Å². The van der Waals surface area contributed by atoms with Crippen molar-refractivity contribution in [1.29, 1.82) is 0 Å². The van der Waals surface area contributed by atoms with Gasteiger partial charge in [0, 0.05) is 17.9 Å². The average Bonchev–Trinajstić information content (AvgIpc) is 3.34. The van der Waals surface area contributed by atoms with Crippen LogP contribution < -0.4 is 10.3 Å². The van der Waals surface area contributed by atoms with Crippen LogP contribution >= 0.6 is 0 Å². The maximum atomic E-state index is 13.7. The van der Waals surface area contributed by atoms with Gasteiger partial charge < -0.3 is 19.7 Å². The van der Waals surface area contributed by atoms with E-state index in [4.69, 9.17) is 9.72 Å². The Morgan fingerprint density at radius 2 is 1.94 bits per heavy atom. The van der Waals surface area contributed by atoms with Gasteiger partial charge in [0.15, 0.2) is 5.69 Å². The number of benzene rings is 1. The zero-order chi connectivity index (χ0) is 26.3. The number of aliphatic hydroxyl groups excluding tert-OH is 1. The summed E-state index contributed by atoms with van der Waals surface area (Å²) in [6.45, 7) is 9.93. The fourth-order valence-corrected chi connectivity index (χ4v) is 5.41. The summed E-state index contributed by atoms with van der Waals surface area (Å²) in [5.74, 6) is 0.0932. The first-order valence-electron chi connectivity index (χ1n) is 13.5. The van der Waals surface area contributed by atoms with Gasteiger partial charge in [-0.2, -0.15) is 0 Å². The van der Waals surface area contributed by atoms with Gasteiger partial charge in [0.25, 0.3) is 11.5 Å². The number of nitrogens with zero attached hydrogens (tertiary/aromatic N) is 2. The molecule has 0 saturated heterocycles. The number of rotatable bonds is 12. The normalized spacial score (nSPS) is 15.8. The first kappa shape index (κ1) is 27.9. The largest absolute Gasteiger partial charge is 0.486 e. The highest BCUT2D eigenvalue weighted by molar-refractivity contribution is 5.95. The summed E-state index contributed by atoms with van der Waals surface area (Å²) in [4.78, 5) is 36.3. The summed E-state index contributed by atoms with van der Waals surface area (Å²) in [5.41, 5.74) is 2.06. The summed E-state index contributed by atoms with van der Waals surface area (Å²) < 4.78 is 5.82. The Kier molecular flexibility index (Phi) is 9.71. The predicted octanol–water partition coefficient (Wildman–Crippen LogP) is 4.80. The van der Waals surface area contributed by atoms with Gasteiger partial charge in [0.05, 0.1) is 19.3 Å². The second-order valence-electron chi connectivity index (χ2n) is 10.4. The second kappa shape index (κ2) is 12.5. The number of hydrogen-bond donors (Lipinski definition) is 2. The van der Waals surface area contributed by atoms with E-state index >= 15 is 0 Å². The lowest BCUT2D eigenvalue weighted by atomic mass is 9.75. The van der Waals surface area contributed by atoms with Gasteiger partial charge in [-0.25, -0.2) is 4.98 Å². The molecule has 7 heteroatoms. The van der Waals surface area contributed by atoms with Gasteiger partial charge in [0.2, 0.25) is 5.75 Å². The maximum absolute atomic E-state index is 13.7. The molecule has 1 aromatic carbocycles. The first-order chi connectivity index (χ1) is 17.3. The van der Waals surface area contributed by atoms with Crippen LogP contribution in [0, 0.1) is 0 Å². The number of unbranched alkanes of at least 4 members (excludes halogenated alkanes) is 1. The highest BCUT2D eigenvalue weighted by Gasteiger charge is 2.38. The van der Waals surface area contributed by atoms with Crippen molar-refractivity contribution in [3.63, 3.8) is 0 Å². The minimum Gasteiger partial charge on any atom is -0.486 e. The number of H-pyrrole nitrogens is 1. The molecule has 1 aromatic heterocycles. The third-order valence-corrected chi connectivity index (χ3v) is 7.42. The Morgan fingerprint density at radius 3 is 2.56 bits per heavy atom. The fraction of sp³-hybridized carbons (Fsp3) is 0.621. The molecule has 198 valence electrons. The van der Waals surface area contributed by atoms with Gasteiger partial charge >= 0.3 is 0 Å². The Labute approximate surface area is 215 Å². The van der Waals surface area contributed by atoms with Crippen molar-refractivity contribution in [1.82, 2.24) is 14.9 Å². The molecule has 1 fully saturated rings. The first-order valence-corrected chi connectivity index (χ1v) is 13.5. The summed E-state index contributed by atoms with van der Waals surface area (Å²) in [6, 6.07) is 8.13. The number of amides is 1. The molecule has 0 unspecified atom stereocenters. The van der Waals surface area contributed by atoms with Crippen LogP contribution in [0.15, 0.2) is 29.1 Å². The molecular weight excluding hydrogens is 454 g/mol. The van der Waals surface area contributed by atoms with Crippen molar-refractivity contribution in [3.05, 3.63) is 57.3 Å². The highest BCUT2D eigenvalue weighted by atomic mass is 16.5. The fourth-order valence-electron chi connectivity index (χ4n) is 5.41. The molecule has 0 radical (unpaired) electrons. The molecule has 1 atom stereocenters. The van der Waals surface area contributed by atoms with Crippen LogP contribution in [-0.4, -0.2) is 51.2 Å². The molecule has 0 spiro atoms. The Hall–Kier alpha value is -2.67. The summed E-state index contributed by atoms with van der Waals surface area (Å²) >= 11 is 0. The number of hydrogen-bond acceptors (Lipinski definition) is 5. The second-order valence-corrected chi connectivity index (χ2v) is 10.4. The molecule has 2 aromatic rings. The molecule has 0 aliphatic heterocycles. The van der Waals surface area contributed by atoms with Gasteiger partial charge in [0.1, 0.15) is 5.82 Å². The van der Waals surface area contributed by atoms with Crippen molar-refractivity contribution < 1.29 is 14.6 Å². The van der Waals surface area contributed by atoms with E-state index in [2.05, 4.69) is 36.2 Å². The molecule has 1 aliphatic carbocycles. The van der Waals surface area contributed by atoms with Gasteiger partial charge in [-0.1, -0.05) is 57.4 Å². The van der Waals surface area contributed by atoms with Crippen molar-refractivity contribution >= 4 is 5.91 Å². The monoisotopic (exact) mass is 497 g/mol. The Balaban J connectivity index is 2.07. The summed E-state index contributed by atoms with van der Waals surface area (Å²) in [7, 11) is 0. The molecule has 0 bridgehead atoms. The van der Waals surface area contributed by atoms with Crippen LogP contribution in [0.25, 0.3) is 0 Å². The Bertz CT molecular complexity index is 1070. The Morgan fingerprint density at radius 1 is 1.22 bits per heavy atom. The molecule has 1 heterocycles. The van der Waals surface area contributed by atoms with E-state index in [9.17, 15) is 14.7 Å². The van der Waals surface area contributed by atoms with Crippen LogP contribution in [0.5, 0.6) is 5.75 Å². The lowest BCUT2D eigenvalue weighted by Crippen LogP contribution is -2.46. The zero-order valence-electron chi connectivity index (χ0n) is 22.6. The standard InChI is InChI=1S/C29H43N3O4/c1-6-8-16-36-26-25(28(35)32(20(3)4)21(5)19-33)30-24(31-27(26)34)18-29(14-9-10-15-29)23-13-11-12-22(7-2)17-23/h11-13,17,20-21,33H,6-10,14-16,18-19H2,1-5H3,(H,30,31,34)/t21-/m0/s1. The average molecular weight is 498 g/mol. The van der Waals surface area contributed by atoms with Gasteiger partial charge in [-0.15, -0.1) is 0 Å². The minimum atomic E-state index is -0.421. The van der Waals surface area contributed by atoms with E-state index in [1.54, 1.807) is 11.8 Å². The van der Waals surface area contributed by atoms with E-state index in [1.165, 1.54) is 11.1 Å². The number of aliphatic hydroxyl groups is 1. The number of carbonyl (C=O) groups is 1. The number of ether oxygens (including phenoxy) is 1. The molecular formula is C29H43N3O4. The topological polar surface area (TPSA) is 95.5 Å². The summed E-state index contributed by atoms with van der Waals surface area (Å²) in [5, 5.41) is 9.78. The van der Waals surface area contributed by atoms with E-state index in [0.29, 0.717) is 18.9 Å². The van der Waals surface area contributed by atoms with Crippen LogP contribution in [0.3, 0.4) is 0 Å². The van der Waals surface area contributed by atoms with Crippen molar-refractivity contribution in [2.45, 2.75) is 103 Å². The summed E-state index contributed by atoms with van der Waals surface area (Å²) in [6.07, 6.45) is 7.48. The van der Waals surface area contributed by atoms with Crippen LogP contribution in [0.1, 0.15) is 101 Å². The quantitative estimate of drug-likeness (QED) is 0.411. The lowest BCUT2D eigenvalue weighted by molar-refractivity contribution is 0.0527. The molecule has 36 heavy (non-hydrogen) atoms. The highest BCUT2D eigenvalue weighted by Crippen LogP contribution is 2.43. The van der Waals surface area contributed by atoms with E-state index < -0.39 is 11.6 Å². The van der Waals surface area contributed by atoms with Gasteiger partial charge in [-0.3, -0.25) is 9.59 Å². The number of aromatic nitrogens is 2. The molecule has 7 nitrogen and oxygen atoms in total. The minimum absolute atomic E-state index is 0.0264. The third kappa shape index (κ3) is 6.17. The number of carbonyl (C=O) groups excluding carboxylic acids is 1. The molecule has 3 rings (SSSR count). The van der Waals surface area contributed by atoms with E-state index in [-0.39, 0.29) is 35.4 Å². The SMILES string of the molecule is CCCCOc1c(C(=O)N(C(C)C)[C@@H](C)CO)nc(CC2(c3cccc(CC)c3)CCCC2)[nH]c1=O. The predicted molar refractivity (Wildman–Crippen MR) is 143 cm³/mol. The smallest absolute Gasteiger partial charge is 0.294 e. The molecule has 1 saturated carbocycles. The van der Waals surface area contributed by atoms with Crippen LogP contribution in [-0.2, 0) is 18.3 Å². The van der Waals surface area contributed by atoms with Crippen LogP contribution in [0.2, 0.25) is 0 Å².